The Bertz CT molecular complexity index is 1100. The number of carbonyl (C=O) groups is 1. The second-order valence-electron chi connectivity index (χ2n) is 8.20. The number of amides is 2. The summed E-state index contributed by atoms with van der Waals surface area (Å²) in [5, 5.41) is 3.16. The number of fused-ring (bicyclic) bond motifs is 1. The summed E-state index contributed by atoms with van der Waals surface area (Å²) in [6.45, 7) is 9.22. The third-order valence-corrected chi connectivity index (χ3v) is 7.42. The summed E-state index contributed by atoms with van der Waals surface area (Å²) in [4.78, 5) is 18.1. The minimum atomic E-state index is -0.0931. The lowest BCUT2D eigenvalue weighted by molar-refractivity contribution is 0.195. The molecule has 1 aliphatic rings. The summed E-state index contributed by atoms with van der Waals surface area (Å²) in [6, 6.07) is 14.1. The van der Waals surface area contributed by atoms with Crippen LogP contribution in [0.5, 0.6) is 5.75 Å². The second kappa shape index (κ2) is 8.75. The minimum Gasteiger partial charge on any atom is -0.497 e. The van der Waals surface area contributed by atoms with E-state index in [1.54, 1.807) is 7.11 Å². The minimum absolute atomic E-state index is 0.0532. The summed E-state index contributed by atoms with van der Waals surface area (Å²) in [7, 11) is 1.67. The maximum atomic E-state index is 13.5. The van der Waals surface area contributed by atoms with E-state index < -0.39 is 0 Å². The van der Waals surface area contributed by atoms with Crippen LogP contribution in [0.3, 0.4) is 0 Å². The van der Waals surface area contributed by atoms with Gasteiger partial charge in [-0.3, -0.25) is 0 Å². The number of ether oxygens (including phenoxy) is 1. The highest BCUT2D eigenvalue weighted by atomic mass is 32.1. The molecule has 0 fully saturated rings. The number of thiophene rings is 1. The zero-order chi connectivity index (χ0) is 22.1. The third kappa shape index (κ3) is 4.07. The van der Waals surface area contributed by atoms with Crippen molar-refractivity contribution in [3.8, 4) is 5.75 Å². The van der Waals surface area contributed by atoms with Crippen LogP contribution in [0, 0.1) is 20.8 Å². The van der Waals surface area contributed by atoms with Gasteiger partial charge in [0.25, 0.3) is 0 Å². The zero-order valence-electron chi connectivity index (χ0n) is 18.9. The van der Waals surface area contributed by atoms with Crippen molar-refractivity contribution in [1.29, 1.82) is 0 Å². The Morgan fingerprint density at radius 2 is 1.90 bits per heavy atom. The molecule has 1 atom stereocenters. The Labute approximate surface area is 188 Å². The van der Waals surface area contributed by atoms with Gasteiger partial charge in [-0.05, 0) is 74.1 Å². The van der Waals surface area contributed by atoms with Gasteiger partial charge >= 0.3 is 6.03 Å². The standard InChI is InChI=1S/C26H30N2O2S/c1-6-21-18(4)31-25-22(21)13-14-28(24(25)19-8-10-20(30-5)11-9-19)26(29)27-23-12-7-16(2)15-17(23)3/h7-12,15,24H,6,13-14H2,1-5H3,(H,27,29). The number of benzene rings is 2. The van der Waals surface area contributed by atoms with Crippen LogP contribution in [0.25, 0.3) is 0 Å². The molecule has 2 aromatic carbocycles. The van der Waals surface area contributed by atoms with Gasteiger partial charge in [0.15, 0.2) is 0 Å². The lowest BCUT2D eigenvalue weighted by Crippen LogP contribution is -2.42. The number of methoxy groups -OCH3 is 1. The van der Waals surface area contributed by atoms with Gasteiger partial charge in [-0.25, -0.2) is 4.79 Å². The van der Waals surface area contributed by atoms with E-state index in [-0.39, 0.29) is 12.1 Å². The fraction of sp³-hybridized carbons (Fsp3) is 0.346. The van der Waals surface area contributed by atoms with Crippen molar-refractivity contribution in [2.75, 3.05) is 19.0 Å². The van der Waals surface area contributed by atoms with Crippen molar-refractivity contribution >= 4 is 23.1 Å². The Morgan fingerprint density at radius 1 is 1.16 bits per heavy atom. The highest BCUT2D eigenvalue weighted by Gasteiger charge is 2.35. The smallest absolute Gasteiger partial charge is 0.322 e. The van der Waals surface area contributed by atoms with Crippen LogP contribution in [0.15, 0.2) is 42.5 Å². The monoisotopic (exact) mass is 434 g/mol. The molecule has 1 N–H and O–H groups in total. The van der Waals surface area contributed by atoms with Gasteiger partial charge in [-0.15, -0.1) is 11.3 Å². The maximum Gasteiger partial charge on any atom is 0.322 e. The summed E-state index contributed by atoms with van der Waals surface area (Å²) in [5.74, 6) is 0.822. The molecular weight excluding hydrogens is 404 g/mol. The molecule has 5 heteroatoms. The molecule has 2 amide bonds. The number of rotatable bonds is 4. The van der Waals surface area contributed by atoms with Crippen molar-refractivity contribution in [3.05, 3.63) is 80.0 Å². The molecule has 4 nitrogen and oxygen atoms in total. The first-order chi connectivity index (χ1) is 14.9. The average molecular weight is 435 g/mol. The number of nitrogens with one attached hydrogen (secondary N) is 1. The molecule has 31 heavy (non-hydrogen) atoms. The molecule has 0 spiro atoms. The molecular formula is C26H30N2O2S. The van der Waals surface area contributed by atoms with Crippen molar-refractivity contribution in [1.82, 2.24) is 4.90 Å². The summed E-state index contributed by atoms with van der Waals surface area (Å²) in [6.07, 6.45) is 1.93. The molecule has 1 unspecified atom stereocenters. The van der Waals surface area contributed by atoms with Gasteiger partial charge in [0.1, 0.15) is 5.75 Å². The lowest BCUT2D eigenvalue weighted by atomic mass is 9.92. The molecule has 162 valence electrons. The van der Waals surface area contributed by atoms with Crippen molar-refractivity contribution in [2.45, 2.75) is 46.6 Å². The van der Waals surface area contributed by atoms with Gasteiger partial charge < -0.3 is 15.0 Å². The van der Waals surface area contributed by atoms with Crippen molar-refractivity contribution < 1.29 is 9.53 Å². The predicted molar refractivity (Wildman–Crippen MR) is 129 cm³/mol. The summed E-state index contributed by atoms with van der Waals surface area (Å²) in [5.41, 5.74) is 7.13. The largest absolute Gasteiger partial charge is 0.497 e. The summed E-state index contributed by atoms with van der Waals surface area (Å²) < 4.78 is 5.35. The van der Waals surface area contributed by atoms with Crippen molar-refractivity contribution in [2.24, 2.45) is 0 Å². The number of hydrogen-bond donors (Lipinski definition) is 1. The normalized spacial score (nSPS) is 15.5. The van der Waals surface area contributed by atoms with Crippen LogP contribution in [0.2, 0.25) is 0 Å². The third-order valence-electron chi connectivity index (χ3n) is 6.18. The highest BCUT2D eigenvalue weighted by Crippen LogP contribution is 2.43. The van der Waals surface area contributed by atoms with Crippen molar-refractivity contribution in [3.63, 3.8) is 0 Å². The van der Waals surface area contributed by atoms with E-state index in [9.17, 15) is 4.79 Å². The van der Waals surface area contributed by atoms with Gasteiger partial charge in [-0.2, -0.15) is 0 Å². The fourth-order valence-corrected chi connectivity index (χ4v) is 6.03. The van der Waals surface area contributed by atoms with Gasteiger partial charge in [0.2, 0.25) is 0 Å². The molecule has 0 radical (unpaired) electrons. The Morgan fingerprint density at radius 3 is 2.55 bits per heavy atom. The quantitative estimate of drug-likeness (QED) is 0.514. The first kappa shape index (κ1) is 21.4. The second-order valence-corrected chi connectivity index (χ2v) is 9.46. The van der Waals surface area contributed by atoms with Crippen LogP contribution in [-0.4, -0.2) is 24.6 Å². The van der Waals surface area contributed by atoms with Crippen LogP contribution in [0.4, 0.5) is 10.5 Å². The number of hydrogen-bond acceptors (Lipinski definition) is 3. The van der Waals surface area contributed by atoms with Crippen LogP contribution < -0.4 is 10.1 Å². The van der Waals surface area contributed by atoms with Gasteiger partial charge in [0, 0.05) is 22.0 Å². The molecule has 1 aliphatic heterocycles. The van der Waals surface area contributed by atoms with E-state index in [2.05, 4.69) is 44.3 Å². The Kier molecular flexibility index (Phi) is 6.05. The van der Waals surface area contributed by atoms with E-state index in [1.807, 2.05) is 47.4 Å². The molecule has 4 rings (SSSR count). The van der Waals surface area contributed by atoms with Crippen LogP contribution in [-0.2, 0) is 12.8 Å². The molecule has 0 aliphatic carbocycles. The Balaban J connectivity index is 1.73. The predicted octanol–water partition coefficient (Wildman–Crippen LogP) is 6.42. The van der Waals surface area contributed by atoms with E-state index >= 15 is 0 Å². The van der Waals surface area contributed by atoms with Gasteiger partial charge in [0.05, 0.1) is 13.2 Å². The fourth-order valence-electron chi connectivity index (χ4n) is 4.59. The molecule has 3 aromatic rings. The van der Waals surface area contributed by atoms with Crippen LogP contribution >= 0.6 is 11.3 Å². The SMILES string of the molecule is CCc1c(C)sc2c1CCN(C(=O)Nc1ccc(C)cc1C)C2c1ccc(OC)cc1. The zero-order valence-corrected chi connectivity index (χ0v) is 19.7. The molecule has 0 saturated carbocycles. The van der Waals surface area contributed by atoms with Crippen LogP contribution in [0.1, 0.15) is 50.5 Å². The first-order valence-corrected chi connectivity index (χ1v) is 11.6. The topological polar surface area (TPSA) is 41.6 Å². The molecule has 1 aromatic heterocycles. The Hall–Kier alpha value is -2.79. The van der Waals surface area contributed by atoms with E-state index in [4.69, 9.17) is 4.74 Å². The number of anilines is 1. The summed E-state index contributed by atoms with van der Waals surface area (Å²) >= 11 is 1.83. The number of nitrogens with zero attached hydrogens (tertiary/aromatic N) is 1. The maximum absolute atomic E-state index is 13.5. The number of aryl methyl sites for hydroxylation is 3. The highest BCUT2D eigenvalue weighted by molar-refractivity contribution is 7.12. The van der Waals surface area contributed by atoms with E-state index in [1.165, 1.54) is 26.4 Å². The number of carbonyl (C=O) groups excluding carboxylic acids is 1. The average Bonchev–Trinajstić information content (AvgIpc) is 3.10. The number of urea groups is 1. The first-order valence-electron chi connectivity index (χ1n) is 10.8. The van der Waals surface area contributed by atoms with E-state index in [0.717, 1.165) is 35.4 Å². The lowest BCUT2D eigenvalue weighted by Gasteiger charge is -2.36. The van der Waals surface area contributed by atoms with E-state index in [0.29, 0.717) is 6.54 Å². The molecule has 2 heterocycles. The van der Waals surface area contributed by atoms with Gasteiger partial charge in [-0.1, -0.05) is 36.8 Å². The molecule has 0 saturated heterocycles. The molecule has 0 bridgehead atoms.